The van der Waals surface area contributed by atoms with Crippen LogP contribution in [0.3, 0.4) is 0 Å². The molecule has 1 fully saturated rings. The van der Waals surface area contributed by atoms with Gasteiger partial charge in [0.2, 0.25) is 0 Å². The van der Waals surface area contributed by atoms with Gasteiger partial charge in [-0.3, -0.25) is 0 Å². The highest BCUT2D eigenvalue weighted by Crippen LogP contribution is 2.40. The minimum atomic E-state index is -0.118. The molecule has 0 aliphatic heterocycles. The van der Waals surface area contributed by atoms with Crippen LogP contribution in [0.25, 0.3) is 0 Å². The molecule has 0 heterocycles. The minimum absolute atomic E-state index is 0.118. The summed E-state index contributed by atoms with van der Waals surface area (Å²) in [5.74, 6) is -0.118. The second kappa shape index (κ2) is 5.18. The van der Waals surface area contributed by atoms with Crippen LogP contribution in [0.15, 0.2) is 24.3 Å². The zero-order valence-electron chi connectivity index (χ0n) is 10.8. The van der Waals surface area contributed by atoms with E-state index in [0.29, 0.717) is 11.5 Å². The van der Waals surface area contributed by atoms with E-state index < -0.39 is 0 Å². The Labute approximate surface area is 103 Å². The van der Waals surface area contributed by atoms with E-state index in [4.69, 9.17) is 0 Å². The van der Waals surface area contributed by atoms with Crippen LogP contribution in [0.5, 0.6) is 0 Å². The highest BCUT2D eigenvalue weighted by atomic mass is 19.1. The van der Waals surface area contributed by atoms with Gasteiger partial charge >= 0.3 is 0 Å². The van der Waals surface area contributed by atoms with Gasteiger partial charge in [0, 0.05) is 6.04 Å². The van der Waals surface area contributed by atoms with E-state index in [-0.39, 0.29) is 5.82 Å². The Morgan fingerprint density at radius 1 is 1.47 bits per heavy atom. The summed E-state index contributed by atoms with van der Waals surface area (Å²) in [5.41, 5.74) is 1.46. The van der Waals surface area contributed by atoms with Crippen LogP contribution in [0, 0.1) is 11.2 Å². The highest BCUT2D eigenvalue weighted by molar-refractivity contribution is 5.18. The van der Waals surface area contributed by atoms with E-state index in [1.54, 1.807) is 6.07 Å². The maximum Gasteiger partial charge on any atom is 0.123 e. The molecule has 1 nitrogen and oxygen atoms in total. The summed E-state index contributed by atoms with van der Waals surface area (Å²) < 4.78 is 13.2. The number of benzene rings is 1. The van der Waals surface area contributed by atoms with Gasteiger partial charge in [0.25, 0.3) is 0 Å². The summed E-state index contributed by atoms with van der Waals surface area (Å²) in [6.07, 6.45) is 4.69. The normalized spacial score (nSPS) is 28.5. The van der Waals surface area contributed by atoms with Gasteiger partial charge in [-0.15, -0.1) is 0 Å². The fourth-order valence-electron chi connectivity index (χ4n) is 3.08. The number of halogens is 1. The van der Waals surface area contributed by atoms with E-state index >= 15 is 0 Å². The van der Waals surface area contributed by atoms with E-state index in [2.05, 4.69) is 19.2 Å². The van der Waals surface area contributed by atoms with Crippen LogP contribution in [-0.4, -0.2) is 12.6 Å². The first-order chi connectivity index (χ1) is 8.11. The van der Waals surface area contributed by atoms with Gasteiger partial charge in [-0.25, -0.2) is 4.39 Å². The molecule has 0 aromatic heterocycles. The molecule has 2 rings (SSSR count). The van der Waals surface area contributed by atoms with Gasteiger partial charge in [-0.05, 0) is 55.3 Å². The zero-order chi connectivity index (χ0) is 12.3. The zero-order valence-corrected chi connectivity index (χ0v) is 10.8. The second-order valence-electron chi connectivity index (χ2n) is 5.61. The van der Waals surface area contributed by atoms with Crippen LogP contribution in [0.2, 0.25) is 0 Å². The van der Waals surface area contributed by atoms with Crippen LogP contribution in [-0.2, 0) is 6.42 Å². The third-order valence-electron chi connectivity index (χ3n) is 3.85. The predicted octanol–water partition coefficient (Wildman–Crippen LogP) is 3.54. The summed E-state index contributed by atoms with van der Waals surface area (Å²) in [5, 5.41) is 3.52. The predicted molar refractivity (Wildman–Crippen MR) is 69.5 cm³/mol. The Bertz CT molecular complexity index is 377. The molecule has 2 atom stereocenters. The quantitative estimate of drug-likeness (QED) is 0.841. The largest absolute Gasteiger partial charge is 0.314 e. The molecule has 17 heavy (non-hydrogen) atoms. The number of nitrogens with one attached hydrogen (secondary N) is 1. The lowest BCUT2D eigenvalue weighted by Gasteiger charge is -2.24. The molecule has 0 bridgehead atoms. The lowest BCUT2D eigenvalue weighted by atomic mass is 9.82. The van der Waals surface area contributed by atoms with Crippen molar-refractivity contribution in [2.45, 2.75) is 45.6 Å². The summed E-state index contributed by atoms with van der Waals surface area (Å²) in [7, 11) is 0. The van der Waals surface area contributed by atoms with Crippen molar-refractivity contribution in [1.29, 1.82) is 0 Å². The van der Waals surface area contributed by atoms with Crippen molar-refractivity contribution in [2.24, 2.45) is 5.41 Å². The van der Waals surface area contributed by atoms with Crippen LogP contribution in [0.1, 0.15) is 38.7 Å². The lowest BCUT2D eigenvalue weighted by molar-refractivity contribution is 0.322. The topological polar surface area (TPSA) is 12.0 Å². The molecule has 2 heteroatoms. The average Bonchev–Trinajstić information content (AvgIpc) is 2.60. The molecule has 1 N–H and O–H groups in total. The molecule has 1 aromatic rings. The maximum absolute atomic E-state index is 13.2. The van der Waals surface area contributed by atoms with Crippen molar-refractivity contribution in [2.75, 3.05) is 6.54 Å². The fraction of sp³-hybridized carbons (Fsp3) is 0.600. The van der Waals surface area contributed by atoms with Crippen molar-refractivity contribution in [3.05, 3.63) is 35.6 Å². The SMILES string of the molecule is CCNC1CCC(C)(Cc2cccc(F)c2)C1. The molecule has 2 unspecified atom stereocenters. The third-order valence-corrected chi connectivity index (χ3v) is 3.85. The van der Waals surface area contributed by atoms with Crippen molar-refractivity contribution >= 4 is 0 Å². The Hall–Kier alpha value is -0.890. The Morgan fingerprint density at radius 2 is 2.29 bits per heavy atom. The van der Waals surface area contributed by atoms with E-state index in [1.807, 2.05) is 12.1 Å². The molecule has 0 radical (unpaired) electrons. The highest BCUT2D eigenvalue weighted by Gasteiger charge is 2.34. The molecule has 1 aliphatic rings. The standard InChI is InChI=1S/C15H22FN/c1-3-17-14-7-8-15(2,11-14)10-12-5-4-6-13(16)9-12/h4-6,9,14,17H,3,7-8,10-11H2,1-2H3. The maximum atomic E-state index is 13.2. The van der Waals surface area contributed by atoms with Gasteiger partial charge in [-0.2, -0.15) is 0 Å². The Kier molecular flexibility index (Phi) is 3.82. The van der Waals surface area contributed by atoms with Crippen molar-refractivity contribution in [3.63, 3.8) is 0 Å². The fourth-order valence-corrected chi connectivity index (χ4v) is 3.08. The molecule has 94 valence electrons. The van der Waals surface area contributed by atoms with E-state index in [0.717, 1.165) is 18.5 Å². The van der Waals surface area contributed by atoms with Crippen molar-refractivity contribution in [1.82, 2.24) is 5.32 Å². The second-order valence-corrected chi connectivity index (χ2v) is 5.61. The van der Waals surface area contributed by atoms with E-state index in [1.165, 1.54) is 25.3 Å². The van der Waals surface area contributed by atoms with Gasteiger partial charge in [-0.1, -0.05) is 26.0 Å². The molecule has 0 spiro atoms. The van der Waals surface area contributed by atoms with Gasteiger partial charge in [0.15, 0.2) is 0 Å². The molecule has 0 saturated heterocycles. The molecule has 0 amide bonds. The number of hydrogen-bond acceptors (Lipinski definition) is 1. The summed E-state index contributed by atoms with van der Waals surface area (Å²) in [6, 6.07) is 7.69. The van der Waals surface area contributed by atoms with Crippen molar-refractivity contribution < 1.29 is 4.39 Å². The summed E-state index contributed by atoms with van der Waals surface area (Å²) >= 11 is 0. The Morgan fingerprint density at radius 3 is 3.00 bits per heavy atom. The van der Waals surface area contributed by atoms with Crippen LogP contribution < -0.4 is 5.32 Å². The third kappa shape index (κ3) is 3.29. The van der Waals surface area contributed by atoms with Crippen LogP contribution in [0.4, 0.5) is 4.39 Å². The number of rotatable bonds is 4. The molecule has 1 aromatic carbocycles. The smallest absolute Gasteiger partial charge is 0.123 e. The summed E-state index contributed by atoms with van der Waals surface area (Å²) in [6.45, 7) is 5.53. The number of hydrogen-bond donors (Lipinski definition) is 1. The summed E-state index contributed by atoms with van der Waals surface area (Å²) in [4.78, 5) is 0. The monoisotopic (exact) mass is 235 g/mol. The van der Waals surface area contributed by atoms with E-state index in [9.17, 15) is 4.39 Å². The molecular weight excluding hydrogens is 213 g/mol. The molecule has 1 aliphatic carbocycles. The lowest BCUT2D eigenvalue weighted by Crippen LogP contribution is -2.28. The first-order valence-electron chi connectivity index (χ1n) is 6.59. The van der Waals surface area contributed by atoms with Crippen molar-refractivity contribution in [3.8, 4) is 0 Å². The molecule has 1 saturated carbocycles. The van der Waals surface area contributed by atoms with Gasteiger partial charge in [0.1, 0.15) is 5.82 Å². The molecular formula is C15H22FN. The minimum Gasteiger partial charge on any atom is -0.314 e. The van der Waals surface area contributed by atoms with Gasteiger partial charge < -0.3 is 5.32 Å². The Balaban J connectivity index is 1.99. The van der Waals surface area contributed by atoms with Crippen LogP contribution >= 0.6 is 0 Å². The average molecular weight is 235 g/mol. The first kappa shape index (κ1) is 12.6. The van der Waals surface area contributed by atoms with Gasteiger partial charge in [0.05, 0.1) is 0 Å². The first-order valence-corrected chi connectivity index (χ1v) is 6.59.